The largest absolute Gasteiger partial charge is 0.388 e. The van der Waals surface area contributed by atoms with Crippen molar-refractivity contribution in [2.75, 3.05) is 38.6 Å². The maximum absolute atomic E-state index is 14.0. The first kappa shape index (κ1) is 28.1. The van der Waals surface area contributed by atoms with Crippen LogP contribution < -0.4 is 10.2 Å². The van der Waals surface area contributed by atoms with Gasteiger partial charge in [0.1, 0.15) is 5.69 Å². The molecule has 9 nitrogen and oxygen atoms in total. The predicted octanol–water partition coefficient (Wildman–Crippen LogP) is 3.65. The van der Waals surface area contributed by atoms with E-state index >= 15 is 0 Å². The fraction of sp³-hybridized carbons (Fsp3) is 0.594. The Labute approximate surface area is 242 Å². The Hall–Kier alpha value is -3.01. The van der Waals surface area contributed by atoms with Gasteiger partial charge in [-0.3, -0.25) is 14.6 Å². The van der Waals surface area contributed by atoms with Gasteiger partial charge in [-0.2, -0.15) is 0 Å². The molecule has 2 heterocycles. The van der Waals surface area contributed by atoms with Gasteiger partial charge in [0.25, 0.3) is 5.91 Å². The van der Waals surface area contributed by atoms with Gasteiger partial charge in [0.2, 0.25) is 0 Å². The highest BCUT2D eigenvalue weighted by Gasteiger charge is 2.56. The van der Waals surface area contributed by atoms with Gasteiger partial charge < -0.3 is 20.4 Å². The quantitative estimate of drug-likeness (QED) is 0.454. The number of anilines is 1. The summed E-state index contributed by atoms with van der Waals surface area (Å²) in [6, 6.07) is 14.0. The Morgan fingerprint density at radius 1 is 0.927 bits per heavy atom. The number of hydrogen-bond donors (Lipinski definition) is 3. The molecule has 1 spiro atoms. The van der Waals surface area contributed by atoms with E-state index in [0.29, 0.717) is 31.6 Å². The van der Waals surface area contributed by atoms with Gasteiger partial charge in [-0.05, 0) is 96.0 Å². The topological polar surface area (TPSA) is 109 Å². The van der Waals surface area contributed by atoms with Crippen molar-refractivity contribution in [2.45, 2.75) is 86.5 Å². The summed E-state index contributed by atoms with van der Waals surface area (Å²) < 4.78 is 0. The maximum Gasteiger partial charge on any atom is 0.325 e. The Bertz CT molecular complexity index is 1260. The fourth-order valence-corrected chi connectivity index (χ4v) is 7.35. The minimum Gasteiger partial charge on any atom is -0.388 e. The molecule has 3 aliphatic carbocycles. The summed E-state index contributed by atoms with van der Waals surface area (Å²) in [5.41, 5.74) is 0.0985. The van der Waals surface area contributed by atoms with Crippen molar-refractivity contribution in [2.24, 2.45) is 0 Å². The van der Waals surface area contributed by atoms with Crippen LogP contribution in [0.3, 0.4) is 0 Å². The van der Waals surface area contributed by atoms with Gasteiger partial charge in [-0.1, -0.05) is 30.3 Å². The first-order valence-corrected chi connectivity index (χ1v) is 15.1. The van der Waals surface area contributed by atoms with E-state index in [1.165, 1.54) is 5.56 Å². The minimum atomic E-state index is -0.821. The van der Waals surface area contributed by atoms with Crippen LogP contribution in [-0.4, -0.2) is 87.4 Å². The number of carbonyl (C=O) groups excluding carboxylic acids is 2. The van der Waals surface area contributed by atoms with Gasteiger partial charge >= 0.3 is 6.03 Å². The van der Waals surface area contributed by atoms with E-state index < -0.39 is 11.2 Å². The summed E-state index contributed by atoms with van der Waals surface area (Å²) in [6.45, 7) is 1.09. The Kier molecular flexibility index (Phi) is 7.11. The first-order chi connectivity index (χ1) is 19.6. The van der Waals surface area contributed by atoms with Crippen LogP contribution in [0.25, 0.3) is 0 Å². The third-order valence-electron chi connectivity index (χ3n) is 10.6. The van der Waals surface area contributed by atoms with Crippen LogP contribution in [-0.2, 0) is 5.54 Å². The van der Waals surface area contributed by atoms with Crippen molar-refractivity contribution in [3.05, 3.63) is 59.9 Å². The molecule has 41 heavy (non-hydrogen) atoms. The van der Waals surface area contributed by atoms with Crippen molar-refractivity contribution in [1.82, 2.24) is 20.1 Å². The smallest absolute Gasteiger partial charge is 0.325 e. The third-order valence-corrected chi connectivity index (χ3v) is 10.6. The zero-order valence-corrected chi connectivity index (χ0v) is 24.3. The average molecular weight is 562 g/mol. The molecule has 4 aliphatic rings. The molecule has 0 unspecified atom stereocenters. The molecule has 1 aromatic carbocycles. The van der Waals surface area contributed by atoms with E-state index in [9.17, 15) is 19.8 Å². The number of nitrogens with zero attached hydrogens (tertiary/aromatic N) is 4. The molecule has 9 heteroatoms. The van der Waals surface area contributed by atoms with Crippen LogP contribution in [0.1, 0.15) is 80.3 Å². The standard InChI is InChI=1S/C32H43N5O4/c1-35(2)32(24-8-4-3-5-9-24)18-16-29(17-19-32)22-36(28(39)37(29)23-31(41)14-7-15-31)25-10-11-26(33-20-25)27(38)34-21-30(40)12-6-13-30/h3-5,8-11,20,40-41H,6-7,12-19,21-23H2,1-2H3,(H,34,38)/t29-,32-. The second-order valence-electron chi connectivity index (χ2n) is 13.2. The van der Waals surface area contributed by atoms with E-state index in [2.05, 4.69) is 53.6 Å². The zero-order chi connectivity index (χ0) is 28.9. The van der Waals surface area contributed by atoms with E-state index in [0.717, 1.165) is 51.4 Å². The summed E-state index contributed by atoms with van der Waals surface area (Å²) in [5.74, 6) is -0.330. The summed E-state index contributed by atoms with van der Waals surface area (Å²) in [4.78, 5) is 37.1. The lowest BCUT2D eigenvalue weighted by atomic mass is 9.67. The summed E-state index contributed by atoms with van der Waals surface area (Å²) in [5, 5.41) is 24.2. The predicted molar refractivity (Wildman–Crippen MR) is 157 cm³/mol. The molecule has 3 saturated carbocycles. The molecular formula is C32H43N5O4. The second kappa shape index (κ2) is 10.4. The van der Waals surface area contributed by atoms with E-state index in [1.807, 2.05) is 11.0 Å². The molecule has 6 rings (SSSR count). The number of amides is 3. The summed E-state index contributed by atoms with van der Waals surface area (Å²) in [6.07, 6.45) is 9.86. The Morgan fingerprint density at radius 3 is 2.12 bits per heavy atom. The monoisotopic (exact) mass is 561 g/mol. The van der Waals surface area contributed by atoms with Gasteiger partial charge in [0.15, 0.2) is 0 Å². The molecule has 2 aromatic rings. The van der Waals surface area contributed by atoms with E-state index in [4.69, 9.17) is 0 Å². The minimum absolute atomic E-state index is 0.103. The van der Waals surface area contributed by atoms with Crippen LogP contribution in [0, 0.1) is 0 Å². The number of carbonyl (C=O) groups is 2. The lowest BCUT2D eigenvalue weighted by Gasteiger charge is -2.52. The van der Waals surface area contributed by atoms with Crippen molar-refractivity contribution in [3.8, 4) is 0 Å². The second-order valence-corrected chi connectivity index (χ2v) is 13.2. The molecule has 0 bridgehead atoms. The number of hydrogen-bond acceptors (Lipinski definition) is 6. The zero-order valence-electron chi connectivity index (χ0n) is 24.3. The number of β-amino-alcohol motifs (C(OH)–C–C–N with tert-alkyl or cyclic N) is 1. The Morgan fingerprint density at radius 2 is 1.59 bits per heavy atom. The molecular weight excluding hydrogens is 518 g/mol. The van der Waals surface area contributed by atoms with E-state index in [1.54, 1.807) is 23.2 Å². The van der Waals surface area contributed by atoms with Crippen molar-refractivity contribution < 1.29 is 19.8 Å². The highest BCUT2D eigenvalue weighted by atomic mass is 16.3. The molecule has 220 valence electrons. The molecule has 3 N–H and O–H groups in total. The van der Waals surface area contributed by atoms with Crippen LogP contribution in [0.5, 0.6) is 0 Å². The normalized spacial score (nSPS) is 28.5. The SMILES string of the molecule is CN(C)[C@]1(c2ccccc2)CC[C@@]2(CC1)CN(c1ccc(C(=O)NCC3(O)CCC3)nc1)C(=O)N2CC1(O)CCC1. The molecule has 0 atom stereocenters. The first-order valence-electron chi connectivity index (χ1n) is 15.1. The van der Waals surface area contributed by atoms with Gasteiger partial charge in [0, 0.05) is 12.1 Å². The lowest BCUT2D eigenvalue weighted by Crippen LogP contribution is -2.59. The van der Waals surface area contributed by atoms with Crippen LogP contribution >= 0.6 is 0 Å². The van der Waals surface area contributed by atoms with Gasteiger partial charge in [-0.25, -0.2) is 9.78 Å². The number of rotatable bonds is 8. The van der Waals surface area contributed by atoms with Gasteiger partial charge in [0.05, 0.1) is 41.7 Å². The number of benzene rings is 1. The van der Waals surface area contributed by atoms with Crippen molar-refractivity contribution in [1.29, 1.82) is 0 Å². The van der Waals surface area contributed by atoms with Gasteiger partial charge in [-0.15, -0.1) is 0 Å². The Balaban J connectivity index is 1.22. The number of nitrogens with one attached hydrogen (secondary N) is 1. The highest BCUT2D eigenvalue weighted by Crippen LogP contribution is 2.50. The molecule has 0 radical (unpaired) electrons. The maximum atomic E-state index is 14.0. The molecule has 4 fully saturated rings. The molecule has 1 aromatic heterocycles. The number of pyridine rings is 1. The third kappa shape index (κ3) is 5.02. The van der Waals surface area contributed by atoms with E-state index in [-0.39, 0.29) is 35.3 Å². The van der Waals surface area contributed by atoms with Crippen LogP contribution in [0.15, 0.2) is 48.7 Å². The lowest BCUT2D eigenvalue weighted by molar-refractivity contribution is -0.0725. The molecule has 1 saturated heterocycles. The summed E-state index contributed by atoms with van der Waals surface area (Å²) in [7, 11) is 4.28. The van der Waals surface area contributed by atoms with Crippen LogP contribution in [0.2, 0.25) is 0 Å². The van der Waals surface area contributed by atoms with Crippen molar-refractivity contribution >= 4 is 17.6 Å². The molecule has 1 aliphatic heterocycles. The highest BCUT2D eigenvalue weighted by molar-refractivity contribution is 5.96. The van der Waals surface area contributed by atoms with Crippen molar-refractivity contribution in [3.63, 3.8) is 0 Å². The van der Waals surface area contributed by atoms with Crippen LogP contribution in [0.4, 0.5) is 10.5 Å². The fourth-order valence-electron chi connectivity index (χ4n) is 7.35. The molecule has 3 amide bonds. The summed E-state index contributed by atoms with van der Waals surface area (Å²) >= 11 is 0. The number of aromatic nitrogens is 1. The average Bonchev–Trinajstić information content (AvgIpc) is 3.21. The number of aliphatic hydroxyl groups is 2. The number of urea groups is 1.